The maximum Gasteiger partial charge on any atom is 0.142 e. The predicted octanol–water partition coefficient (Wildman–Crippen LogP) is 3.33. The molecule has 6 nitrogen and oxygen atoms in total. The van der Waals surface area contributed by atoms with E-state index in [0.717, 1.165) is 17.1 Å². The van der Waals surface area contributed by atoms with Crippen molar-refractivity contribution in [2.75, 3.05) is 19.8 Å². The minimum absolute atomic E-state index is 0.0482. The predicted molar refractivity (Wildman–Crippen MR) is 99.5 cm³/mol. The Bertz CT molecular complexity index is 885. The van der Waals surface area contributed by atoms with Crippen molar-refractivity contribution < 1.29 is 9.47 Å². The zero-order chi connectivity index (χ0) is 18.1. The molecule has 0 bridgehead atoms. The van der Waals surface area contributed by atoms with Gasteiger partial charge < -0.3 is 14.0 Å². The van der Waals surface area contributed by atoms with E-state index >= 15 is 0 Å². The van der Waals surface area contributed by atoms with Crippen molar-refractivity contribution >= 4 is 0 Å². The summed E-state index contributed by atoms with van der Waals surface area (Å²) in [6, 6.07) is 6.41. The van der Waals surface area contributed by atoms with Crippen molar-refractivity contribution in [2.24, 2.45) is 0 Å². The summed E-state index contributed by atoms with van der Waals surface area (Å²) in [5, 5.41) is 4.45. The van der Waals surface area contributed by atoms with Gasteiger partial charge in [-0.15, -0.1) is 0 Å². The Kier molecular flexibility index (Phi) is 4.61. The van der Waals surface area contributed by atoms with Crippen LogP contribution in [0.3, 0.4) is 0 Å². The molecule has 1 saturated heterocycles. The van der Waals surface area contributed by atoms with Crippen LogP contribution in [0.5, 0.6) is 0 Å². The number of benzene rings is 1. The molecule has 0 amide bonds. The smallest absolute Gasteiger partial charge is 0.142 e. The molecule has 1 fully saturated rings. The molecule has 6 heteroatoms. The molecule has 3 heterocycles. The van der Waals surface area contributed by atoms with E-state index in [0.29, 0.717) is 19.8 Å². The molecule has 0 radical (unpaired) electrons. The molecule has 0 unspecified atom stereocenters. The lowest BCUT2D eigenvalue weighted by Crippen LogP contribution is -2.26. The molecular formula is C20H24N4O2. The Hall–Kier alpha value is -2.44. The first-order valence-corrected chi connectivity index (χ1v) is 9.03. The molecule has 0 N–H and O–H groups in total. The summed E-state index contributed by atoms with van der Waals surface area (Å²) in [6.45, 7) is 8.17. The van der Waals surface area contributed by atoms with Crippen LogP contribution in [-0.4, -0.2) is 45.3 Å². The fourth-order valence-corrected chi connectivity index (χ4v) is 3.78. The van der Waals surface area contributed by atoms with Gasteiger partial charge in [0.2, 0.25) is 0 Å². The van der Waals surface area contributed by atoms with E-state index in [1.54, 1.807) is 6.20 Å². The van der Waals surface area contributed by atoms with E-state index in [9.17, 15) is 0 Å². The quantitative estimate of drug-likeness (QED) is 0.707. The summed E-state index contributed by atoms with van der Waals surface area (Å²) >= 11 is 0. The molecule has 1 aliphatic rings. The number of aryl methyl sites for hydroxylation is 2. The van der Waals surface area contributed by atoms with Crippen molar-refractivity contribution in [3.05, 3.63) is 54.1 Å². The van der Waals surface area contributed by atoms with Gasteiger partial charge in [-0.2, -0.15) is 5.10 Å². The number of imidazole rings is 1. The van der Waals surface area contributed by atoms with Gasteiger partial charge in [-0.05, 0) is 44.0 Å². The van der Waals surface area contributed by atoms with Gasteiger partial charge in [-0.25, -0.2) is 9.67 Å². The summed E-state index contributed by atoms with van der Waals surface area (Å²) < 4.78 is 15.7. The van der Waals surface area contributed by atoms with Crippen LogP contribution in [0, 0.1) is 13.8 Å². The maximum absolute atomic E-state index is 5.89. The highest BCUT2D eigenvalue weighted by Gasteiger charge is 2.32. The first kappa shape index (κ1) is 17.0. The van der Waals surface area contributed by atoms with E-state index in [4.69, 9.17) is 9.47 Å². The summed E-state index contributed by atoms with van der Waals surface area (Å²) in [5.74, 6) is 0.919. The fraction of sp³-hybridized carbons (Fsp3) is 0.400. The van der Waals surface area contributed by atoms with Gasteiger partial charge in [0.05, 0.1) is 24.9 Å². The van der Waals surface area contributed by atoms with Crippen LogP contribution < -0.4 is 0 Å². The van der Waals surface area contributed by atoms with Crippen molar-refractivity contribution in [1.82, 2.24) is 19.3 Å². The highest BCUT2D eigenvalue weighted by molar-refractivity contribution is 5.71. The number of rotatable bonds is 5. The highest BCUT2D eigenvalue weighted by Crippen LogP contribution is 2.33. The number of aromatic nitrogens is 4. The van der Waals surface area contributed by atoms with Gasteiger partial charge in [0.1, 0.15) is 11.9 Å². The Morgan fingerprint density at radius 2 is 2.08 bits per heavy atom. The van der Waals surface area contributed by atoms with Gasteiger partial charge in [-0.1, -0.05) is 6.07 Å². The van der Waals surface area contributed by atoms with Crippen molar-refractivity contribution in [2.45, 2.75) is 32.9 Å². The molecule has 1 aromatic carbocycles. The Morgan fingerprint density at radius 1 is 1.19 bits per heavy atom. The summed E-state index contributed by atoms with van der Waals surface area (Å²) in [4.78, 5) is 4.69. The minimum atomic E-state index is 0.0482. The van der Waals surface area contributed by atoms with E-state index < -0.39 is 0 Å². The fourth-order valence-electron chi connectivity index (χ4n) is 3.78. The van der Waals surface area contributed by atoms with Crippen LogP contribution in [0.4, 0.5) is 0 Å². The third-order valence-corrected chi connectivity index (χ3v) is 4.83. The molecule has 136 valence electrons. The van der Waals surface area contributed by atoms with Crippen molar-refractivity contribution in [3.8, 4) is 17.1 Å². The third kappa shape index (κ3) is 2.95. The molecule has 0 saturated carbocycles. The Labute approximate surface area is 153 Å². The number of hydrogen-bond acceptors (Lipinski definition) is 4. The lowest BCUT2D eigenvalue weighted by atomic mass is 10.0. The standard InChI is InChI=1S/C20H24N4O2/c1-4-26-18-13-25-12-17(18)23-9-7-21-20(23)16-11-14(2)10-15(3)19(16)24-8-5-6-22-24/h5-11,17-18H,4,12-13H2,1-3H3/t17-,18-/m0/s1. The van der Waals surface area contributed by atoms with E-state index in [-0.39, 0.29) is 12.1 Å². The minimum Gasteiger partial charge on any atom is -0.376 e. The molecule has 26 heavy (non-hydrogen) atoms. The SMILES string of the molecule is CCO[C@H]1COC[C@@H]1n1ccnc1-c1cc(C)cc(C)c1-n1cccn1. The molecular weight excluding hydrogens is 328 g/mol. The number of hydrogen-bond donors (Lipinski definition) is 0. The second-order valence-electron chi connectivity index (χ2n) is 6.69. The lowest BCUT2D eigenvalue weighted by Gasteiger charge is -2.22. The van der Waals surface area contributed by atoms with Crippen molar-refractivity contribution in [1.29, 1.82) is 0 Å². The Morgan fingerprint density at radius 3 is 2.85 bits per heavy atom. The zero-order valence-electron chi connectivity index (χ0n) is 15.4. The molecule has 0 aliphatic carbocycles. The monoisotopic (exact) mass is 352 g/mol. The summed E-state index contributed by atoms with van der Waals surface area (Å²) in [7, 11) is 0. The normalized spacial score (nSPS) is 20.0. The third-order valence-electron chi connectivity index (χ3n) is 4.83. The van der Waals surface area contributed by atoms with Gasteiger partial charge in [0, 0.05) is 37.0 Å². The van der Waals surface area contributed by atoms with E-state index in [1.807, 2.05) is 36.3 Å². The first-order valence-electron chi connectivity index (χ1n) is 9.03. The number of nitrogens with zero attached hydrogens (tertiary/aromatic N) is 4. The molecule has 1 aliphatic heterocycles. The average Bonchev–Trinajstić information content (AvgIpc) is 3.35. The molecule has 4 rings (SSSR count). The van der Waals surface area contributed by atoms with Gasteiger partial charge >= 0.3 is 0 Å². The molecule has 2 aromatic heterocycles. The lowest BCUT2D eigenvalue weighted by molar-refractivity contribution is 0.0364. The topological polar surface area (TPSA) is 54.1 Å². The van der Waals surface area contributed by atoms with Crippen LogP contribution in [0.15, 0.2) is 43.0 Å². The van der Waals surface area contributed by atoms with E-state index in [2.05, 4.69) is 40.6 Å². The van der Waals surface area contributed by atoms with Crippen LogP contribution in [0.1, 0.15) is 24.1 Å². The van der Waals surface area contributed by atoms with Crippen LogP contribution in [0.25, 0.3) is 17.1 Å². The first-order chi connectivity index (χ1) is 12.7. The zero-order valence-corrected chi connectivity index (χ0v) is 15.4. The Balaban J connectivity index is 1.84. The molecule has 0 spiro atoms. The second-order valence-corrected chi connectivity index (χ2v) is 6.69. The van der Waals surface area contributed by atoms with Gasteiger partial charge in [-0.3, -0.25) is 0 Å². The average molecular weight is 352 g/mol. The van der Waals surface area contributed by atoms with Crippen LogP contribution >= 0.6 is 0 Å². The molecule has 2 atom stereocenters. The number of ether oxygens (including phenoxy) is 2. The van der Waals surface area contributed by atoms with Crippen LogP contribution in [0.2, 0.25) is 0 Å². The largest absolute Gasteiger partial charge is 0.376 e. The maximum atomic E-state index is 5.89. The van der Waals surface area contributed by atoms with Crippen molar-refractivity contribution in [3.63, 3.8) is 0 Å². The van der Waals surface area contributed by atoms with Crippen LogP contribution in [-0.2, 0) is 9.47 Å². The van der Waals surface area contributed by atoms with E-state index in [1.165, 1.54) is 11.1 Å². The highest BCUT2D eigenvalue weighted by atomic mass is 16.5. The second kappa shape index (κ2) is 7.05. The van der Waals surface area contributed by atoms with Gasteiger partial charge in [0.15, 0.2) is 0 Å². The summed E-state index contributed by atoms with van der Waals surface area (Å²) in [5.41, 5.74) is 4.49. The molecule has 3 aromatic rings. The van der Waals surface area contributed by atoms with Gasteiger partial charge in [0.25, 0.3) is 0 Å². The summed E-state index contributed by atoms with van der Waals surface area (Å²) in [6.07, 6.45) is 7.68.